The first kappa shape index (κ1) is 15.6. The summed E-state index contributed by atoms with van der Waals surface area (Å²) in [6.07, 6.45) is 0. The minimum atomic E-state index is -1.20. The first-order valence-electron chi connectivity index (χ1n) is 5.83. The van der Waals surface area contributed by atoms with Gasteiger partial charge in [0.1, 0.15) is 5.56 Å². The van der Waals surface area contributed by atoms with Crippen molar-refractivity contribution >= 4 is 57.6 Å². The van der Waals surface area contributed by atoms with Crippen LogP contribution < -0.4 is 10.6 Å². The van der Waals surface area contributed by atoms with Crippen molar-refractivity contribution in [3.63, 3.8) is 0 Å². The number of para-hydroxylation sites is 1. The molecule has 2 rings (SSSR count). The van der Waals surface area contributed by atoms with E-state index < -0.39 is 12.0 Å². The van der Waals surface area contributed by atoms with E-state index in [9.17, 15) is 9.59 Å². The number of hydrogen-bond acceptors (Lipinski definition) is 2. The van der Waals surface area contributed by atoms with Crippen molar-refractivity contribution in [3.05, 3.63) is 56.6 Å². The lowest BCUT2D eigenvalue weighted by Gasteiger charge is -2.11. The number of nitrogens with one attached hydrogen (secondary N) is 2. The predicted molar refractivity (Wildman–Crippen MR) is 90.2 cm³/mol. The maximum absolute atomic E-state index is 12.0. The van der Waals surface area contributed by atoms with Crippen molar-refractivity contribution in [3.8, 4) is 0 Å². The van der Waals surface area contributed by atoms with Crippen molar-refractivity contribution < 1.29 is 14.7 Å². The third-order valence-electron chi connectivity index (χ3n) is 2.60. The van der Waals surface area contributed by atoms with Crippen LogP contribution >= 0.6 is 34.2 Å². The molecule has 7 heteroatoms. The number of carboxylic acid groups (broad SMARTS) is 1. The molecule has 0 aliphatic carbocycles. The van der Waals surface area contributed by atoms with Crippen molar-refractivity contribution in [2.45, 2.75) is 0 Å². The van der Waals surface area contributed by atoms with Gasteiger partial charge in [0, 0.05) is 3.57 Å². The predicted octanol–water partition coefficient (Wildman–Crippen LogP) is 4.29. The second kappa shape index (κ2) is 6.77. The molecule has 0 fully saturated rings. The molecule has 0 unspecified atom stereocenters. The van der Waals surface area contributed by atoms with Crippen LogP contribution in [-0.2, 0) is 0 Å². The molecule has 0 bridgehead atoms. The highest BCUT2D eigenvalue weighted by atomic mass is 127. The molecular formula is C14H10ClIN2O3. The SMILES string of the molecule is O=C(Nc1ccccc1I)Nc1cccc(Cl)c1C(=O)O. The van der Waals surface area contributed by atoms with Crippen LogP contribution in [0.4, 0.5) is 16.2 Å². The van der Waals surface area contributed by atoms with Gasteiger partial charge in [-0.25, -0.2) is 9.59 Å². The lowest BCUT2D eigenvalue weighted by Crippen LogP contribution is -2.21. The zero-order valence-corrected chi connectivity index (χ0v) is 13.5. The van der Waals surface area contributed by atoms with Gasteiger partial charge in [-0.1, -0.05) is 29.8 Å². The van der Waals surface area contributed by atoms with Gasteiger partial charge in [0.2, 0.25) is 0 Å². The molecule has 0 heterocycles. The van der Waals surface area contributed by atoms with Gasteiger partial charge >= 0.3 is 12.0 Å². The summed E-state index contributed by atoms with van der Waals surface area (Å²) in [6, 6.07) is 11.2. The molecule has 0 atom stereocenters. The monoisotopic (exact) mass is 416 g/mol. The fourth-order valence-corrected chi connectivity index (χ4v) is 2.46. The summed E-state index contributed by atoms with van der Waals surface area (Å²) in [5.74, 6) is -1.20. The molecule has 0 saturated heterocycles. The molecule has 0 saturated carbocycles. The summed E-state index contributed by atoms with van der Waals surface area (Å²) in [5, 5.41) is 14.3. The van der Waals surface area contributed by atoms with E-state index >= 15 is 0 Å². The van der Waals surface area contributed by atoms with E-state index in [1.54, 1.807) is 18.2 Å². The highest BCUT2D eigenvalue weighted by Gasteiger charge is 2.16. The number of carboxylic acids is 1. The molecule has 0 aliphatic rings. The van der Waals surface area contributed by atoms with Gasteiger partial charge in [-0.15, -0.1) is 0 Å². The third kappa shape index (κ3) is 3.85. The van der Waals surface area contributed by atoms with Crippen LogP contribution in [0.25, 0.3) is 0 Å². The lowest BCUT2D eigenvalue weighted by atomic mass is 10.2. The molecule has 108 valence electrons. The van der Waals surface area contributed by atoms with Gasteiger partial charge in [-0.05, 0) is 46.9 Å². The smallest absolute Gasteiger partial charge is 0.339 e. The fourth-order valence-electron chi connectivity index (χ4n) is 1.68. The van der Waals surface area contributed by atoms with Crippen LogP contribution in [-0.4, -0.2) is 17.1 Å². The van der Waals surface area contributed by atoms with E-state index in [1.807, 2.05) is 12.1 Å². The first-order valence-corrected chi connectivity index (χ1v) is 7.29. The van der Waals surface area contributed by atoms with E-state index in [2.05, 4.69) is 33.2 Å². The molecule has 3 N–H and O–H groups in total. The summed E-state index contributed by atoms with van der Waals surface area (Å²) in [4.78, 5) is 23.1. The Morgan fingerprint density at radius 1 is 1.00 bits per heavy atom. The Bertz CT molecular complexity index is 706. The number of rotatable bonds is 3. The molecular weight excluding hydrogens is 407 g/mol. The molecule has 5 nitrogen and oxygen atoms in total. The molecule has 0 aliphatic heterocycles. The number of carbonyl (C=O) groups is 2. The average molecular weight is 417 g/mol. The van der Waals surface area contributed by atoms with Gasteiger partial charge in [0.15, 0.2) is 0 Å². The van der Waals surface area contributed by atoms with E-state index in [1.165, 1.54) is 12.1 Å². The maximum atomic E-state index is 12.0. The van der Waals surface area contributed by atoms with Crippen molar-refractivity contribution in [2.24, 2.45) is 0 Å². The summed E-state index contributed by atoms with van der Waals surface area (Å²) < 4.78 is 0.870. The number of urea groups is 1. The molecule has 0 aromatic heterocycles. The Balaban J connectivity index is 2.19. The minimum absolute atomic E-state index is 0.0644. The Morgan fingerprint density at radius 3 is 2.29 bits per heavy atom. The zero-order valence-electron chi connectivity index (χ0n) is 10.6. The molecule has 2 aromatic carbocycles. The summed E-state index contributed by atoms with van der Waals surface area (Å²) >= 11 is 7.93. The van der Waals surface area contributed by atoms with Crippen LogP contribution in [0.1, 0.15) is 10.4 Å². The van der Waals surface area contributed by atoms with Gasteiger partial charge < -0.3 is 15.7 Å². The van der Waals surface area contributed by atoms with E-state index in [4.69, 9.17) is 16.7 Å². The third-order valence-corrected chi connectivity index (χ3v) is 3.85. The van der Waals surface area contributed by atoms with E-state index in [-0.39, 0.29) is 16.3 Å². The largest absolute Gasteiger partial charge is 0.478 e. The highest BCUT2D eigenvalue weighted by Crippen LogP contribution is 2.25. The normalized spacial score (nSPS) is 10.0. The fraction of sp³-hybridized carbons (Fsp3) is 0. The lowest BCUT2D eigenvalue weighted by molar-refractivity contribution is 0.0698. The van der Waals surface area contributed by atoms with Crippen LogP contribution in [0.2, 0.25) is 5.02 Å². The Labute approximate surface area is 139 Å². The number of amides is 2. The number of carbonyl (C=O) groups excluding carboxylic acids is 1. The van der Waals surface area contributed by atoms with E-state index in [0.717, 1.165) is 3.57 Å². The summed E-state index contributed by atoms with van der Waals surface area (Å²) in [7, 11) is 0. The second-order valence-corrected chi connectivity index (χ2v) is 5.60. The van der Waals surface area contributed by atoms with Crippen molar-refractivity contribution in [2.75, 3.05) is 10.6 Å². The maximum Gasteiger partial charge on any atom is 0.339 e. The van der Waals surface area contributed by atoms with E-state index in [0.29, 0.717) is 5.69 Å². The molecule has 21 heavy (non-hydrogen) atoms. The van der Waals surface area contributed by atoms with Crippen molar-refractivity contribution in [1.82, 2.24) is 0 Å². The Morgan fingerprint density at radius 2 is 1.62 bits per heavy atom. The molecule has 2 amide bonds. The number of anilines is 2. The van der Waals surface area contributed by atoms with Gasteiger partial charge in [0.05, 0.1) is 16.4 Å². The topological polar surface area (TPSA) is 78.4 Å². The molecule has 0 radical (unpaired) electrons. The van der Waals surface area contributed by atoms with Crippen LogP contribution in [0.5, 0.6) is 0 Å². The second-order valence-electron chi connectivity index (χ2n) is 4.03. The number of benzene rings is 2. The van der Waals surface area contributed by atoms with Gasteiger partial charge in [-0.3, -0.25) is 0 Å². The Hall–Kier alpha value is -1.80. The minimum Gasteiger partial charge on any atom is -0.478 e. The van der Waals surface area contributed by atoms with Gasteiger partial charge in [-0.2, -0.15) is 0 Å². The molecule has 0 spiro atoms. The molecule has 2 aromatic rings. The first-order chi connectivity index (χ1) is 9.99. The summed E-state index contributed by atoms with van der Waals surface area (Å²) in [6.45, 7) is 0. The number of aromatic carboxylic acids is 1. The van der Waals surface area contributed by atoms with Crippen LogP contribution in [0, 0.1) is 3.57 Å². The Kier molecular flexibility index (Phi) is 5.03. The average Bonchev–Trinajstić information content (AvgIpc) is 2.41. The van der Waals surface area contributed by atoms with Gasteiger partial charge in [0.25, 0.3) is 0 Å². The zero-order chi connectivity index (χ0) is 15.4. The van der Waals surface area contributed by atoms with Crippen molar-refractivity contribution in [1.29, 1.82) is 0 Å². The summed E-state index contributed by atoms with van der Waals surface area (Å²) in [5.41, 5.74) is 0.630. The number of hydrogen-bond donors (Lipinski definition) is 3. The standard InChI is InChI=1S/C14H10ClIN2O3/c15-8-4-3-7-11(12(8)13(19)20)18-14(21)17-10-6-2-1-5-9(10)16/h1-7H,(H,19,20)(H2,17,18,21). The highest BCUT2D eigenvalue weighted by molar-refractivity contribution is 14.1. The quantitative estimate of drug-likeness (QED) is 0.653. The van der Waals surface area contributed by atoms with Crippen LogP contribution in [0.3, 0.4) is 0 Å². The van der Waals surface area contributed by atoms with Crippen LogP contribution in [0.15, 0.2) is 42.5 Å². The number of halogens is 2.